The third-order valence-electron chi connectivity index (χ3n) is 4.07. The molecule has 0 aliphatic rings. The van der Waals surface area contributed by atoms with Gasteiger partial charge in [-0.25, -0.2) is 18.7 Å². The van der Waals surface area contributed by atoms with Crippen LogP contribution in [0.2, 0.25) is 0 Å². The van der Waals surface area contributed by atoms with Crippen molar-refractivity contribution in [3.63, 3.8) is 0 Å². The summed E-state index contributed by atoms with van der Waals surface area (Å²) in [6.07, 6.45) is 2.13. The van der Waals surface area contributed by atoms with Gasteiger partial charge in [-0.1, -0.05) is 12.1 Å². The molecule has 1 aromatic carbocycles. The first-order chi connectivity index (χ1) is 13.0. The highest BCUT2D eigenvalue weighted by atomic mass is 19.1. The molecule has 6 nitrogen and oxygen atoms in total. The predicted molar refractivity (Wildman–Crippen MR) is 96.6 cm³/mol. The second-order valence-corrected chi connectivity index (χ2v) is 5.99. The first-order valence-corrected chi connectivity index (χ1v) is 8.36. The largest absolute Gasteiger partial charge is 0.352 e. The number of nitrogens with zero attached hydrogens (tertiary/aromatic N) is 4. The van der Waals surface area contributed by atoms with E-state index in [0.29, 0.717) is 34.5 Å². The number of halogens is 2. The van der Waals surface area contributed by atoms with Crippen LogP contribution in [0, 0.1) is 18.6 Å². The van der Waals surface area contributed by atoms with Gasteiger partial charge in [-0.05, 0) is 31.2 Å². The summed E-state index contributed by atoms with van der Waals surface area (Å²) >= 11 is 0. The molecule has 0 saturated carbocycles. The van der Waals surface area contributed by atoms with E-state index in [1.807, 2.05) is 26.0 Å². The molecule has 0 fully saturated rings. The minimum Gasteiger partial charge on any atom is -0.352 e. The smallest absolute Gasteiger partial charge is 0.261 e. The predicted octanol–water partition coefficient (Wildman–Crippen LogP) is 4.57. The van der Waals surface area contributed by atoms with E-state index in [9.17, 15) is 8.78 Å². The lowest BCUT2D eigenvalue weighted by molar-refractivity contribution is 0.423. The fraction of sp³-hybridized carbons (Fsp3) is 0.158. The number of aryl methyl sites for hydroxylation is 2. The molecule has 0 aliphatic carbocycles. The maximum atomic E-state index is 14.2. The Morgan fingerprint density at radius 1 is 1.11 bits per heavy atom. The molecule has 3 heterocycles. The number of hydrogen-bond acceptors (Lipinski definition) is 6. The summed E-state index contributed by atoms with van der Waals surface area (Å²) in [5, 5.41) is 7.46. The number of nitrogens with one attached hydrogen (secondary N) is 1. The zero-order valence-electron chi connectivity index (χ0n) is 14.6. The standard InChI is InChI=1S/C19H15F2N5O/c1-3-16-25-19(27-26-16)13-9-22-18-12(6-4-10(2)23-18)17(13)24-15-8-11(20)5-7-14(15)21/h4-9H,3H2,1-2H3,(H,22,23,24). The Morgan fingerprint density at radius 2 is 1.96 bits per heavy atom. The summed E-state index contributed by atoms with van der Waals surface area (Å²) in [5.74, 6) is -0.373. The Morgan fingerprint density at radius 3 is 2.74 bits per heavy atom. The first kappa shape index (κ1) is 17.0. The van der Waals surface area contributed by atoms with E-state index in [4.69, 9.17) is 4.52 Å². The van der Waals surface area contributed by atoms with E-state index in [1.165, 1.54) is 6.20 Å². The minimum absolute atomic E-state index is 0.0143. The quantitative estimate of drug-likeness (QED) is 0.569. The van der Waals surface area contributed by atoms with E-state index in [1.54, 1.807) is 0 Å². The molecule has 0 radical (unpaired) electrons. The van der Waals surface area contributed by atoms with Gasteiger partial charge in [0, 0.05) is 29.8 Å². The number of fused-ring (bicyclic) bond motifs is 1. The van der Waals surface area contributed by atoms with Gasteiger partial charge in [0.25, 0.3) is 5.89 Å². The summed E-state index contributed by atoms with van der Waals surface area (Å²) in [4.78, 5) is 13.1. The molecule has 4 rings (SSSR count). The zero-order valence-corrected chi connectivity index (χ0v) is 14.6. The van der Waals surface area contributed by atoms with Crippen LogP contribution in [-0.2, 0) is 6.42 Å². The topological polar surface area (TPSA) is 76.7 Å². The van der Waals surface area contributed by atoms with Crippen LogP contribution in [0.4, 0.5) is 20.2 Å². The van der Waals surface area contributed by atoms with Gasteiger partial charge in [-0.2, -0.15) is 4.98 Å². The van der Waals surface area contributed by atoms with E-state index >= 15 is 0 Å². The van der Waals surface area contributed by atoms with Crippen LogP contribution in [0.15, 0.2) is 41.1 Å². The SMILES string of the molecule is CCc1noc(-c2cnc3nc(C)ccc3c2Nc2cc(F)ccc2F)n1. The average Bonchev–Trinajstić information content (AvgIpc) is 3.13. The van der Waals surface area contributed by atoms with E-state index in [2.05, 4.69) is 25.4 Å². The monoisotopic (exact) mass is 367 g/mol. The molecule has 1 N–H and O–H groups in total. The normalized spacial score (nSPS) is 11.1. The van der Waals surface area contributed by atoms with Gasteiger partial charge >= 0.3 is 0 Å². The molecule has 0 unspecified atom stereocenters. The first-order valence-electron chi connectivity index (χ1n) is 8.36. The lowest BCUT2D eigenvalue weighted by atomic mass is 10.1. The number of aromatic nitrogens is 4. The maximum Gasteiger partial charge on any atom is 0.261 e. The van der Waals surface area contributed by atoms with Crippen molar-refractivity contribution in [3.8, 4) is 11.5 Å². The lowest BCUT2D eigenvalue weighted by Crippen LogP contribution is -2.00. The lowest BCUT2D eigenvalue weighted by Gasteiger charge is -2.13. The van der Waals surface area contributed by atoms with Crippen molar-refractivity contribution in [1.29, 1.82) is 0 Å². The van der Waals surface area contributed by atoms with Crippen molar-refractivity contribution in [1.82, 2.24) is 20.1 Å². The molecular weight excluding hydrogens is 352 g/mol. The van der Waals surface area contributed by atoms with Crippen molar-refractivity contribution in [2.75, 3.05) is 5.32 Å². The van der Waals surface area contributed by atoms with Gasteiger partial charge in [-0.3, -0.25) is 0 Å². The van der Waals surface area contributed by atoms with E-state index in [-0.39, 0.29) is 11.6 Å². The molecular formula is C19H15F2N5O. The minimum atomic E-state index is -0.591. The summed E-state index contributed by atoms with van der Waals surface area (Å²) in [6.45, 7) is 3.75. The molecule has 4 aromatic rings. The van der Waals surface area contributed by atoms with Gasteiger partial charge in [0.05, 0.1) is 16.9 Å². The Kier molecular flexibility index (Phi) is 4.23. The maximum absolute atomic E-state index is 14.2. The number of rotatable bonds is 4. The summed E-state index contributed by atoms with van der Waals surface area (Å²) in [7, 11) is 0. The molecule has 3 aromatic heterocycles. The van der Waals surface area contributed by atoms with Crippen molar-refractivity contribution in [2.24, 2.45) is 0 Å². The van der Waals surface area contributed by atoms with Crippen LogP contribution in [0.3, 0.4) is 0 Å². The number of anilines is 2. The number of benzene rings is 1. The third kappa shape index (κ3) is 3.21. The van der Waals surface area contributed by atoms with Crippen LogP contribution in [0.25, 0.3) is 22.5 Å². The molecule has 0 atom stereocenters. The highest BCUT2D eigenvalue weighted by Gasteiger charge is 2.18. The Balaban J connectivity index is 1.93. The van der Waals surface area contributed by atoms with E-state index < -0.39 is 11.6 Å². The zero-order chi connectivity index (χ0) is 19.0. The third-order valence-corrected chi connectivity index (χ3v) is 4.07. The Hall–Kier alpha value is -3.42. The van der Waals surface area contributed by atoms with Crippen LogP contribution in [0.5, 0.6) is 0 Å². The molecule has 27 heavy (non-hydrogen) atoms. The molecule has 0 amide bonds. The van der Waals surface area contributed by atoms with Crippen LogP contribution < -0.4 is 5.32 Å². The Bertz CT molecular complexity index is 1140. The van der Waals surface area contributed by atoms with Gasteiger partial charge < -0.3 is 9.84 Å². The second-order valence-electron chi connectivity index (χ2n) is 5.99. The summed E-state index contributed by atoms with van der Waals surface area (Å²) in [5.41, 5.74) is 2.18. The van der Waals surface area contributed by atoms with E-state index in [0.717, 1.165) is 23.9 Å². The fourth-order valence-corrected chi connectivity index (χ4v) is 2.70. The summed E-state index contributed by atoms with van der Waals surface area (Å²) < 4.78 is 33.1. The van der Waals surface area contributed by atoms with Gasteiger partial charge in [-0.15, -0.1) is 0 Å². The summed E-state index contributed by atoms with van der Waals surface area (Å²) in [6, 6.07) is 6.82. The van der Waals surface area contributed by atoms with Crippen LogP contribution >= 0.6 is 0 Å². The number of pyridine rings is 2. The van der Waals surface area contributed by atoms with Crippen molar-refractivity contribution >= 4 is 22.4 Å². The molecule has 0 bridgehead atoms. The molecule has 0 aliphatic heterocycles. The van der Waals surface area contributed by atoms with Crippen LogP contribution in [0.1, 0.15) is 18.4 Å². The van der Waals surface area contributed by atoms with Crippen LogP contribution in [-0.4, -0.2) is 20.1 Å². The molecule has 0 saturated heterocycles. The Labute approximate surface area is 153 Å². The highest BCUT2D eigenvalue weighted by Crippen LogP contribution is 2.35. The second kappa shape index (κ2) is 6.71. The fourth-order valence-electron chi connectivity index (χ4n) is 2.70. The van der Waals surface area contributed by atoms with Crippen molar-refractivity contribution in [2.45, 2.75) is 20.3 Å². The van der Waals surface area contributed by atoms with Gasteiger partial charge in [0.2, 0.25) is 0 Å². The average molecular weight is 367 g/mol. The highest BCUT2D eigenvalue weighted by molar-refractivity contribution is 5.98. The van der Waals surface area contributed by atoms with Gasteiger partial charge in [0.1, 0.15) is 11.6 Å². The molecule has 136 valence electrons. The van der Waals surface area contributed by atoms with Crippen molar-refractivity contribution in [3.05, 3.63) is 59.7 Å². The van der Waals surface area contributed by atoms with Crippen molar-refractivity contribution < 1.29 is 13.3 Å². The number of hydrogen-bond donors (Lipinski definition) is 1. The van der Waals surface area contributed by atoms with Gasteiger partial charge in [0.15, 0.2) is 11.5 Å². The molecule has 0 spiro atoms. The molecule has 8 heteroatoms.